The minimum atomic E-state index is -0.109. The summed E-state index contributed by atoms with van der Waals surface area (Å²) >= 11 is 0. The highest BCUT2D eigenvalue weighted by atomic mass is 16.5. The van der Waals surface area contributed by atoms with Crippen molar-refractivity contribution in [3.05, 3.63) is 35.9 Å². The number of benzene rings is 1. The van der Waals surface area contributed by atoms with Gasteiger partial charge in [-0.15, -0.1) is 0 Å². The average molecular weight is 231 g/mol. The van der Waals surface area contributed by atoms with Crippen LogP contribution in [0.4, 0.5) is 0 Å². The maximum absolute atomic E-state index is 11.8. The fourth-order valence-electron chi connectivity index (χ4n) is 2.64. The van der Waals surface area contributed by atoms with Crippen molar-refractivity contribution >= 4 is 5.97 Å². The molecule has 0 aromatic heterocycles. The van der Waals surface area contributed by atoms with Crippen molar-refractivity contribution in [1.82, 2.24) is 5.32 Å². The zero-order valence-corrected chi connectivity index (χ0v) is 9.98. The van der Waals surface area contributed by atoms with Gasteiger partial charge in [-0.25, -0.2) is 0 Å². The van der Waals surface area contributed by atoms with Crippen LogP contribution in [0.15, 0.2) is 30.3 Å². The van der Waals surface area contributed by atoms with Gasteiger partial charge in [0.2, 0.25) is 0 Å². The molecule has 3 atom stereocenters. The van der Waals surface area contributed by atoms with Crippen LogP contribution >= 0.6 is 0 Å². The van der Waals surface area contributed by atoms with Crippen LogP contribution in [0.1, 0.15) is 25.3 Å². The van der Waals surface area contributed by atoms with E-state index in [1.54, 1.807) is 0 Å². The molecule has 0 bridgehead atoms. The van der Waals surface area contributed by atoms with E-state index in [0.717, 1.165) is 12.0 Å². The van der Waals surface area contributed by atoms with Gasteiger partial charge in [0.05, 0.1) is 0 Å². The molecule has 0 amide bonds. The molecule has 90 valence electrons. The first-order valence-corrected chi connectivity index (χ1v) is 6.14. The Hall–Kier alpha value is -1.35. The van der Waals surface area contributed by atoms with Crippen LogP contribution in [0.25, 0.3) is 0 Å². The fourth-order valence-corrected chi connectivity index (χ4v) is 2.64. The second-order valence-corrected chi connectivity index (χ2v) is 5.43. The number of hydrogen-bond acceptors (Lipinski definition) is 3. The van der Waals surface area contributed by atoms with Gasteiger partial charge < -0.3 is 10.1 Å². The Balaban J connectivity index is 1.51. The van der Waals surface area contributed by atoms with Crippen LogP contribution in [0, 0.1) is 5.41 Å². The van der Waals surface area contributed by atoms with Crippen molar-refractivity contribution in [3.8, 4) is 0 Å². The number of carbonyl (C=O) groups is 1. The van der Waals surface area contributed by atoms with Crippen LogP contribution in [-0.2, 0) is 16.1 Å². The molecular weight excluding hydrogens is 214 g/mol. The van der Waals surface area contributed by atoms with Gasteiger partial charge in [0.15, 0.2) is 0 Å². The standard InChI is InChI=1S/C14H17NO2/c1-14-7-11(15-12(14)8-14)13(16)17-9-10-5-3-2-4-6-10/h2-6,11-12,15H,7-9H2,1H3. The molecule has 3 unspecified atom stereocenters. The lowest BCUT2D eigenvalue weighted by atomic mass is 10.0. The van der Waals surface area contributed by atoms with Gasteiger partial charge in [0.1, 0.15) is 12.6 Å². The quantitative estimate of drug-likeness (QED) is 0.807. The summed E-state index contributed by atoms with van der Waals surface area (Å²) in [5, 5.41) is 3.33. The number of ether oxygens (including phenoxy) is 1. The van der Waals surface area contributed by atoms with Crippen LogP contribution < -0.4 is 5.32 Å². The second-order valence-electron chi connectivity index (χ2n) is 5.43. The van der Waals surface area contributed by atoms with Gasteiger partial charge >= 0.3 is 5.97 Å². The largest absolute Gasteiger partial charge is 0.460 e. The SMILES string of the molecule is CC12CC(C(=O)OCc3ccccc3)NC1C2. The predicted octanol–water partition coefficient (Wildman–Crippen LogP) is 1.87. The summed E-state index contributed by atoms with van der Waals surface area (Å²) in [5.41, 5.74) is 1.39. The van der Waals surface area contributed by atoms with Gasteiger partial charge in [-0.05, 0) is 23.8 Å². The number of piperidine rings is 1. The van der Waals surface area contributed by atoms with Crippen LogP contribution in [-0.4, -0.2) is 18.1 Å². The van der Waals surface area contributed by atoms with Gasteiger partial charge in [-0.3, -0.25) is 4.79 Å². The Labute approximate surface area is 101 Å². The maximum Gasteiger partial charge on any atom is 0.323 e. The van der Waals surface area contributed by atoms with Crippen molar-refractivity contribution in [2.45, 2.75) is 38.5 Å². The van der Waals surface area contributed by atoms with E-state index in [-0.39, 0.29) is 12.0 Å². The second kappa shape index (κ2) is 3.84. The lowest BCUT2D eigenvalue weighted by molar-refractivity contribution is -0.147. The molecule has 3 rings (SSSR count). The molecule has 1 saturated heterocycles. The molecule has 1 N–H and O–H groups in total. The van der Waals surface area contributed by atoms with Crippen LogP contribution in [0.2, 0.25) is 0 Å². The first-order chi connectivity index (χ1) is 8.17. The predicted molar refractivity (Wildman–Crippen MR) is 64.3 cm³/mol. The van der Waals surface area contributed by atoms with Crippen molar-refractivity contribution in [3.63, 3.8) is 0 Å². The molecule has 17 heavy (non-hydrogen) atoms. The topological polar surface area (TPSA) is 38.3 Å². The zero-order valence-electron chi connectivity index (χ0n) is 9.98. The van der Waals surface area contributed by atoms with Gasteiger partial charge in [0.25, 0.3) is 0 Å². The summed E-state index contributed by atoms with van der Waals surface area (Å²) in [6.07, 6.45) is 2.13. The van der Waals surface area contributed by atoms with Crippen LogP contribution in [0.5, 0.6) is 0 Å². The highest BCUT2D eigenvalue weighted by Gasteiger charge is 2.58. The van der Waals surface area contributed by atoms with Gasteiger partial charge in [0, 0.05) is 6.04 Å². The molecule has 1 aliphatic carbocycles. The Kier molecular flexibility index (Phi) is 2.44. The van der Waals surface area contributed by atoms with E-state index in [1.165, 1.54) is 6.42 Å². The number of carbonyl (C=O) groups excluding carboxylic acids is 1. The normalized spacial score (nSPS) is 34.2. The molecule has 0 spiro atoms. The third-order valence-electron chi connectivity index (χ3n) is 3.93. The highest BCUT2D eigenvalue weighted by molar-refractivity contribution is 5.77. The molecule has 1 aliphatic heterocycles. The van der Waals surface area contributed by atoms with E-state index in [2.05, 4.69) is 12.2 Å². The molecule has 3 nitrogen and oxygen atoms in total. The van der Waals surface area contributed by atoms with Crippen molar-refractivity contribution in [2.75, 3.05) is 0 Å². The third kappa shape index (κ3) is 2.07. The third-order valence-corrected chi connectivity index (χ3v) is 3.93. The van der Waals surface area contributed by atoms with E-state index in [4.69, 9.17) is 4.74 Å². The van der Waals surface area contributed by atoms with E-state index < -0.39 is 0 Å². The minimum absolute atomic E-state index is 0.0949. The Morgan fingerprint density at radius 1 is 1.41 bits per heavy atom. The number of hydrogen-bond donors (Lipinski definition) is 1. The number of esters is 1. The molecule has 1 heterocycles. The van der Waals surface area contributed by atoms with Crippen LogP contribution in [0.3, 0.4) is 0 Å². The first-order valence-electron chi connectivity index (χ1n) is 6.14. The van der Waals surface area contributed by atoms with E-state index in [1.807, 2.05) is 30.3 Å². The summed E-state index contributed by atoms with van der Waals surface area (Å²) in [6, 6.07) is 10.2. The number of fused-ring (bicyclic) bond motifs is 1. The van der Waals surface area contributed by atoms with E-state index in [0.29, 0.717) is 18.1 Å². The maximum atomic E-state index is 11.8. The number of rotatable bonds is 3. The summed E-state index contributed by atoms with van der Waals surface area (Å²) in [7, 11) is 0. The Morgan fingerprint density at radius 3 is 2.82 bits per heavy atom. The van der Waals surface area contributed by atoms with Crippen molar-refractivity contribution < 1.29 is 9.53 Å². The lowest BCUT2D eigenvalue weighted by Gasteiger charge is -2.13. The van der Waals surface area contributed by atoms with E-state index >= 15 is 0 Å². The molecule has 1 aromatic carbocycles. The average Bonchev–Trinajstić information content (AvgIpc) is 2.86. The summed E-state index contributed by atoms with van der Waals surface area (Å²) in [6.45, 7) is 2.61. The fraction of sp³-hybridized carbons (Fsp3) is 0.500. The highest BCUT2D eigenvalue weighted by Crippen LogP contribution is 2.53. The molecular formula is C14H17NO2. The molecule has 3 heteroatoms. The molecule has 1 aromatic rings. The lowest BCUT2D eigenvalue weighted by Crippen LogP contribution is -2.35. The summed E-state index contributed by atoms with van der Waals surface area (Å²) in [5.74, 6) is -0.109. The van der Waals surface area contributed by atoms with E-state index in [9.17, 15) is 4.79 Å². The molecule has 0 radical (unpaired) electrons. The summed E-state index contributed by atoms with van der Waals surface area (Å²) < 4.78 is 5.32. The minimum Gasteiger partial charge on any atom is -0.460 e. The Bertz CT molecular complexity index is 431. The number of nitrogens with one attached hydrogen (secondary N) is 1. The van der Waals surface area contributed by atoms with Crippen molar-refractivity contribution in [1.29, 1.82) is 0 Å². The summed E-state index contributed by atoms with van der Waals surface area (Å²) in [4.78, 5) is 11.8. The molecule has 2 aliphatic rings. The van der Waals surface area contributed by atoms with Crippen molar-refractivity contribution in [2.24, 2.45) is 5.41 Å². The first kappa shape index (κ1) is 10.8. The van der Waals surface area contributed by atoms with Gasteiger partial charge in [-0.2, -0.15) is 0 Å². The molecule has 2 fully saturated rings. The smallest absolute Gasteiger partial charge is 0.323 e. The Morgan fingerprint density at radius 2 is 2.18 bits per heavy atom. The molecule has 1 saturated carbocycles. The monoisotopic (exact) mass is 231 g/mol. The zero-order chi connectivity index (χ0) is 11.9. The van der Waals surface area contributed by atoms with Gasteiger partial charge in [-0.1, -0.05) is 37.3 Å².